The fourth-order valence-corrected chi connectivity index (χ4v) is 6.33. The van der Waals surface area contributed by atoms with Gasteiger partial charge in [-0.25, -0.2) is 0 Å². The molecule has 8 nitrogen and oxygen atoms in total. The fourth-order valence-electron chi connectivity index (χ4n) is 5.49. The first-order valence-corrected chi connectivity index (χ1v) is 13.5. The lowest BCUT2D eigenvalue weighted by Crippen LogP contribution is -2.48. The largest absolute Gasteiger partial charge is 0.342 e. The third kappa shape index (κ3) is 4.30. The highest BCUT2D eigenvalue weighted by Gasteiger charge is 2.30. The molecule has 0 bridgehead atoms. The molecule has 4 heterocycles. The van der Waals surface area contributed by atoms with E-state index >= 15 is 0 Å². The van der Waals surface area contributed by atoms with Crippen molar-refractivity contribution in [1.29, 1.82) is 0 Å². The number of imidazole rings is 1. The number of thioether (sulfide) groups is 1. The van der Waals surface area contributed by atoms with Gasteiger partial charge < -0.3 is 9.80 Å². The summed E-state index contributed by atoms with van der Waals surface area (Å²) in [5.41, 5.74) is 1.91. The zero-order valence-corrected chi connectivity index (χ0v) is 21.1. The smallest absolute Gasteiger partial charge is 0.243 e. The lowest BCUT2D eigenvalue weighted by molar-refractivity contribution is -0.137. The van der Waals surface area contributed by atoms with Gasteiger partial charge in [-0.3, -0.25) is 18.6 Å². The average molecular weight is 483 g/mol. The van der Waals surface area contributed by atoms with Crippen LogP contribution in [-0.4, -0.2) is 71.7 Å². The van der Waals surface area contributed by atoms with Gasteiger partial charge in [0, 0.05) is 25.2 Å². The predicted octanol–water partition coefficient (Wildman–Crippen LogP) is 3.82. The minimum Gasteiger partial charge on any atom is -0.342 e. The van der Waals surface area contributed by atoms with Crippen LogP contribution in [0.5, 0.6) is 0 Å². The Morgan fingerprint density at radius 2 is 1.62 bits per heavy atom. The van der Waals surface area contributed by atoms with Crippen LogP contribution in [0.15, 0.2) is 29.4 Å². The predicted molar refractivity (Wildman–Crippen MR) is 134 cm³/mol. The summed E-state index contributed by atoms with van der Waals surface area (Å²) in [6.45, 7) is 8.44. The van der Waals surface area contributed by atoms with E-state index in [1.807, 2.05) is 43.0 Å². The van der Waals surface area contributed by atoms with Gasteiger partial charge in [0.05, 0.1) is 16.8 Å². The molecule has 0 radical (unpaired) electrons. The van der Waals surface area contributed by atoms with Gasteiger partial charge in [0.1, 0.15) is 6.54 Å². The number of aromatic nitrogens is 4. The molecule has 3 aromatic rings. The van der Waals surface area contributed by atoms with Crippen LogP contribution in [0.3, 0.4) is 0 Å². The summed E-state index contributed by atoms with van der Waals surface area (Å²) >= 11 is 1.42. The van der Waals surface area contributed by atoms with Gasteiger partial charge in [0.25, 0.3) is 0 Å². The molecule has 2 saturated heterocycles. The van der Waals surface area contributed by atoms with E-state index in [0.717, 1.165) is 49.8 Å². The first kappa shape index (κ1) is 23.2. The number of hydrogen-bond donors (Lipinski definition) is 0. The van der Waals surface area contributed by atoms with Gasteiger partial charge in [-0.15, -0.1) is 10.2 Å². The number of likely N-dealkylation sites (tertiary alicyclic amines) is 2. The van der Waals surface area contributed by atoms with Crippen molar-refractivity contribution in [2.75, 3.05) is 18.8 Å². The highest BCUT2D eigenvalue weighted by atomic mass is 32.2. The quantitative estimate of drug-likeness (QED) is 0.517. The number of piperidine rings is 2. The maximum absolute atomic E-state index is 13.4. The van der Waals surface area contributed by atoms with Gasteiger partial charge in [-0.05, 0) is 64.0 Å². The number of nitrogens with zero attached hydrogens (tertiary/aromatic N) is 6. The molecule has 2 fully saturated rings. The third-order valence-corrected chi connectivity index (χ3v) is 8.42. The molecule has 5 rings (SSSR count). The highest BCUT2D eigenvalue weighted by Crippen LogP contribution is 2.28. The Balaban J connectivity index is 1.39. The number of amides is 2. The molecule has 0 unspecified atom stereocenters. The molecule has 0 saturated carbocycles. The fraction of sp³-hybridized carbons (Fsp3) is 0.600. The maximum atomic E-state index is 13.4. The molecular weight excluding hydrogens is 448 g/mol. The summed E-state index contributed by atoms with van der Waals surface area (Å²) in [5, 5.41) is 9.55. The summed E-state index contributed by atoms with van der Waals surface area (Å²) in [7, 11) is 0. The molecule has 34 heavy (non-hydrogen) atoms. The van der Waals surface area contributed by atoms with Crippen molar-refractivity contribution in [3.05, 3.63) is 24.3 Å². The summed E-state index contributed by atoms with van der Waals surface area (Å²) in [5.74, 6) is 1.96. The van der Waals surface area contributed by atoms with Gasteiger partial charge in [0.2, 0.25) is 17.6 Å². The minimum absolute atomic E-state index is 0.120. The van der Waals surface area contributed by atoms with E-state index in [2.05, 4.69) is 31.0 Å². The standard InChI is InChI=1S/C25H34N6O2S/c1-17-11-13-28(14-12-17)23(33)16-34-25-27-26-24-29(20-9-4-5-10-21(20)31(24)25)15-22(32)30-18(2)7-6-8-19(30)3/h4-5,9-10,17-19H,6-8,11-16H2,1-3H3/t18-,19-/m1/s1. The SMILES string of the molecule is CC1CCN(C(=O)CSc2nnc3n(CC(=O)N4[C@H](C)CCC[C@H]4C)c4ccccc4n23)CC1. The molecule has 2 aliphatic heterocycles. The van der Waals surface area contributed by atoms with Crippen molar-refractivity contribution in [2.24, 2.45) is 5.92 Å². The molecule has 0 aliphatic carbocycles. The van der Waals surface area contributed by atoms with Crippen LogP contribution in [0.2, 0.25) is 0 Å². The van der Waals surface area contributed by atoms with Crippen LogP contribution in [0.4, 0.5) is 0 Å². The number of fused-ring (bicyclic) bond motifs is 3. The lowest BCUT2D eigenvalue weighted by Gasteiger charge is -2.39. The van der Waals surface area contributed by atoms with Crippen LogP contribution in [0, 0.1) is 5.92 Å². The topological polar surface area (TPSA) is 75.7 Å². The molecular formula is C25H34N6O2S. The first-order chi connectivity index (χ1) is 16.4. The lowest BCUT2D eigenvalue weighted by atomic mass is 9.97. The normalized spacial score (nSPS) is 22.1. The second-order valence-corrected chi connectivity index (χ2v) is 10.9. The summed E-state index contributed by atoms with van der Waals surface area (Å²) in [4.78, 5) is 30.2. The van der Waals surface area contributed by atoms with Crippen molar-refractivity contribution < 1.29 is 9.59 Å². The van der Waals surface area contributed by atoms with E-state index in [1.165, 1.54) is 18.2 Å². The second kappa shape index (κ2) is 9.60. The summed E-state index contributed by atoms with van der Waals surface area (Å²) in [6, 6.07) is 8.52. The third-order valence-electron chi connectivity index (χ3n) is 7.51. The molecule has 0 spiro atoms. The Morgan fingerprint density at radius 1 is 0.941 bits per heavy atom. The Labute approximate surface area is 204 Å². The van der Waals surface area contributed by atoms with Crippen molar-refractivity contribution >= 4 is 40.4 Å². The molecule has 2 aliphatic rings. The Bertz CT molecular complexity index is 1180. The summed E-state index contributed by atoms with van der Waals surface area (Å²) in [6.07, 6.45) is 5.41. The van der Waals surface area contributed by atoms with Crippen LogP contribution < -0.4 is 0 Å². The number of rotatable bonds is 5. The van der Waals surface area contributed by atoms with E-state index in [1.54, 1.807) is 0 Å². The highest BCUT2D eigenvalue weighted by molar-refractivity contribution is 7.99. The van der Waals surface area contributed by atoms with E-state index in [0.29, 0.717) is 22.6 Å². The molecule has 2 atom stereocenters. The molecule has 2 aromatic heterocycles. The average Bonchev–Trinajstić information content (AvgIpc) is 3.37. The van der Waals surface area contributed by atoms with Gasteiger partial charge >= 0.3 is 0 Å². The Morgan fingerprint density at radius 3 is 2.32 bits per heavy atom. The van der Waals surface area contributed by atoms with Gasteiger partial charge in [-0.2, -0.15) is 0 Å². The number of benzene rings is 1. The first-order valence-electron chi connectivity index (χ1n) is 12.5. The van der Waals surface area contributed by atoms with E-state index in [4.69, 9.17) is 0 Å². The zero-order chi connectivity index (χ0) is 23.8. The number of carbonyl (C=O) groups is 2. The monoisotopic (exact) mass is 482 g/mol. The molecule has 9 heteroatoms. The van der Waals surface area contributed by atoms with Crippen molar-refractivity contribution in [3.8, 4) is 0 Å². The van der Waals surface area contributed by atoms with Crippen molar-refractivity contribution in [1.82, 2.24) is 29.0 Å². The van der Waals surface area contributed by atoms with Crippen LogP contribution in [0.25, 0.3) is 16.8 Å². The van der Waals surface area contributed by atoms with Gasteiger partial charge in [-0.1, -0.05) is 30.8 Å². The number of para-hydroxylation sites is 2. The molecule has 182 valence electrons. The maximum Gasteiger partial charge on any atom is 0.243 e. The van der Waals surface area contributed by atoms with E-state index in [9.17, 15) is 9.59 Å². The number of hydrogen-bond acceptors (Lipinski definition) is 5. The minimum atomic E-state index is 0.120. The van der Waals surface area contributed by atoms with Crippen molar-refractivity contribution in [2.45, 2.75) is 76.7 Å². The van der Waals surface area contributed by atoms with E-state index in [-0.39, 0.29) is 30.4 Å². The van der Waals surface area contributed by atoms with Crippen LogP contribution in [0.1, 0.15) is 52.9 Å². The number of carbonyl (C=O) groups excluding carboxylic acids is 2. The molecule has 0 N–H and O–H groups in total. The zero-order valence-electron chi connectivity index (χ0n) is 20.3. The van der Waals surface area contributed by atoms with E-state index < -0.39 is 0 Å². The van der Waals surface area contributed by atoms with Gasteiger partial charge in [0.15, 0.2) is 5.16 Å². The molecule has 1 aromatic carbocycles. The molecule has 2 amide bonds. The second-order valence-electron chi connectivity index (χ2n) is 9.97. The summed E-state index contributed by atoms with van der Waals surface area (Å²) < 4.78 is 3.96. The Hall–Kier alpha value is -2.55. The van der Waals surface area contributed by atoms with Crippen LogP contribution in [-0.2, 0) is 16.1 Å². The van der Waals surface area contributed by atoms with Crippen LogP contribution >= 0.6 is 11.8 Å². The van der Waals surface area contributed by atoms with Crippen molar-refractivity contribution in [3.63, 3.8) is 0 Å². The Kier molecular flexibility index (Phi) is 6.55.